The summed E-state index contributed by atoms with van der Waals surface area (Å²) in [5, 5.41) is 17.3. The Labute approximate surface area is 159 Å². The predicted octanol–water partition coefficient (Wildman–Crippen LogP) is 4.15. The summed E-state index contributed by atoms with van der Waals surface area (Å²) in [4.78, 5) is 23.2. The number of hydrogen-bond acceptors (Lipinski definition) is 4. The minimum atomic E-state index is -0.443. The van der Waals surface area contributed by atoms with Crippen LogP contribution in [0.2, 0.25) is 0 Å². The van der Waals surface area contributed by atoms with E-state index in [1.807, 2.05) is 0 Å². The molecule has 0 bridgehead atoms. The fourth-order valence-electron chi connectivity index (χ4n) is 3.10. The molecule has 0 aliphatic heterocycles. The Kier molecular flexibility index (Phi) is 5.74. The van der Waals surface area contributed by atoms with E-state index >= 15 is 0 Å². The molecule has 2 aromatic carbocycles. The third-order valence-electron chi connectivity index (χ3n) is 4.80. The van der Waals surface area contributed by atoms with E-state index in [0.717, 1.165) is 25.7 Å². The highest BCUT2D eigenvalue weighted by molar-refractivity contribution is 5.95. The molecule has 0 heterocycles. The maximum Gasteiger partial charge on any atom is 0.293 e. The van der Waals surface area contributed by atoms with Crippen LogP contribution in [0.4, 0.5) is 11.4 Å². The van der Waals surface area contributed by atoms with Crippen LogP contribution in [-0.4, -0.2) is 23.4 Å². The number of nitro benzene ring substituents is 1. The molecule has 0 unspecified atom stereocenters. The van der Waals surface area contributed by atoms with Crippen LogP contribution in [0.5, 0.6) is 0 Å². The number of hydrogen-bond donors (Lipinski definition) is 2. The lowest BCUT2D eigenvalue weighted by Crippen LogP contribution is -2.25. The monoisotopic (exact) mass is 367 g/mol. The molecule has 2 N–H and O–H groups in total. The second-order valence-electron chi connectivity index (χ2n) is 7.20. The van der Waals surface area contributed by atoms with Gasteiger partial charge >= 0.3 is 0 Å². The van der Waals surface area contributed by atoms with Crippen LogP contribution in [0, 0.1) is 24.0 Å². The second-order valence-corrected chi connectivity index (χ2v) is 7.20. The molecule has 1 amide bonds. The fourth-order valence-corrected chi connectivity index (χ4v) is 3.10. The van der Waals surface area contributed by atoms with E-state index in [2.05, 4.69) is 42.7 Å². The van der Waals surface area contributed by atoms with Gasteiger partial charge in [0.1, 0.15) is 5.69 Å². The van der Waals surface area contributed by atoms with E-state index in [1.54, 1.807) is 12.1 Å². The van der Waals surface area contributed by atoms with Crippen molar-refractivity contribution in [2.24, 2.45) is 0 Å². The molecule has 1 saturated carbocycles. The number of benzene rings is 2. The number of anilines is 1. The molecule has 6 heteroatoms. The van der Waals surface area contributed by atoms with Gasteiger partial charge in [-0.3, -0.25) is 14.9 Å². The van der Waals surface area contributed by atoms with Gasteiger partial charge in [-0.25, -0.2) is 0 Å². The number of amides is 1. The van der Waals surface area contributed by atoms with E-state index in [-0.39, 0.29) is 11.6 Å². The Bertz CT molecular complexity index is 860. The molecule has 0 saturated heterocycles. The zero-order valence-electron chi connectivity index (χ0n) is 15.7. The zero-order chi connectivity index (χ0) is 19.4. The molecule has 1 fully saturated rings. The summed E-state index contributed by atoms with van der Waals surface area (Å²) >= 11 is 0. The number of rotatable bonds is 8. The van der Waals surface area contributed by atoms with Gasteiger partial charge in [0.15, 0.2) is 0 Å². The summed E-state index contributed by atoms with van der Waals surface area (Å²) in [5.41, 5.74) is 4.52. The Morgan fingerprint density at radius 3 is 2.63 bits per heavy atom. The van der Waals surface area contributed by atoms with Crippen molar-refractivity contribution in [1.29, 1.82) is 0 Å². The van der Waals surface area contributed by atoms with Crippen molar-refractivity contribution in [2.75, 3.05) is 11.9 Å². The third kappa shape index (κ3) is 5.06. The third-order valence-corrected chi connectivity index (χ3v) is 4.80. The average molecular weight is 367 g/mol. The van der Waals surface area contributed by atoms with Crippen molar-refractivity contribution in [3.05, 3.63) is 68.8 Å². The molecule has 27 heavy (non-hydrogen) atoms. The highest BCUT2D eigenvalue weighted by Gasteiger charge is 2.25. The summed E-state index contributed by atoms with van der Waals surface area (Å²) in [6.45, 7) is 4.70. The standard InChI is InChI=1S/C21H25N3O3/c1-14-5-6-16(15(2)12-14)4-3-11-22-21(25)17-7-10-19(23-18-8-9-18)20(13-17)24(26)27/h5-7,10,12-13,18,23H,3-4,8-9,11H2,1-2H3,(H,22,25). The molecule has 0 aromatic heterocycles. The molecular weight excluding hydrogens is 342 g/mol. The molecule has 0 spiro atoms. The van der Waals surface area contributed by atoms with Gasteiger partial charge in [0, 0.05) is 24.2 Å². The van der Waals surface area contributed by atoms with Crippen LogP contribution in [0.25, 0.3) is 0 Å². The van der Waals surface area contributed by atoms with E-state index < -0.39 is 4.92 Å². The van der Waals surface area contributed by atoms with Crippen LogP contribution in [-0.2, 0) is 6.42 Å². The van der Waals surface area contributed by atoms with Crippen LogP contribution in [0.3, 0.4) is 0 Å². The second kappa shape index (κ2) is 8.20. The first-order valence-electron chi connectivity index (χ1n) is 9.33. The first kappa shape index (κ1) is 18.9. The molecule has 1 aliphatic rings. The molecule has 2 aromatic rings. The van der Waals surface area contributed by atoms with Crippen LogP contribution >= 0.6 is 0 Å². The Hall–Kier alpha value is -2.89. The van der Waals surface area contributed by atoms with Gasteiger partial charge in [-0.2, -0.15) is 0 Å². The Morgan fingerprint density at radius 1 is 1.19 bits per heavy atom. The first-order chi connectivity index (χ1) is 12.9. The summed E-state index contributed by atoms with van der Waals surface area (Å²) in [6, 6.07) is 11.3. The highest BCUT2D eigenvalue weighted by atomic mass is 16.6. The summed E-state index contributed by atoms with van der Waals surface area (Å²) < 4.78 is 0. The van der Waals surface area contributed by atoms with Gasteiger partial charge in [-0.15, -0.1) is 0 Å². The maximum absolute atomic E-state index is 12.3. The number of carbonyl (C=O) groups excluding carboxylic acids is 1. The summed E-state index contributed by atoms with van der Waals surface area (Å²) in [6.07, 6.45) is 3.76. The van der Waals surface area contributed by atoms with Crippen LogP contribution in [0.1, 0.15) is 46.3 Å². The van der Waals surface area contributed by atoms with E-state index in [9.17, 15) is 14.9 Å². The number of carbonyl (C=O) groups is 1. The van der Waals surface area contributed by atoms with Gasteiger partial charge in [0.05, 0.1) is 4.92 Å². The smallest absolute Gasteiger partial charge is 0.293 e. The molecular formula is C21H25N3O3. The molecule has 1 aliphatic carbocycles. The van der Waals surface area contributed by atoms with Gasteiger partial charge in [0.2, 0.25) is 0 Å². The zero-order valence-corrected chi connectivity index (χ0v) is 15.7. The molecule has 0 atom stereocenters. The highest BCUT2D eigenvalue weighted by Crippen LogP contribution is 2.31. The summed E-state index contributed by atoms with van der Waals surface area (Å²) in [5.74, 6) is -0.281. The summed E-state index contributed by atoms with van der Waals surface area (Å²) in [7, 11) is 0. The van der Waals surface area contributed by atoms with Gasteiger partial charge in [-0.05, 0) is 62.8 Å². The van der Waals surface area contributed by atoms with Crippen LogP contribution < -0.4 is 10.6 Å². The SMILES string of the molecule is Cc1ccc(CCCNC(=O)c2ccc(NC3CC3)c([N+](=O)[O-])c2)c(C)c1. The Balaban J connectivity index is 1.55. The molecule has 142 valence electrons. The van der Waals surface area contributed by atoms with E-state index in [4.69, 9.17) is 0 Å². The maximum atomic E-state index is 12.3. The van der Waals surface area contributed by atoms with Gasteiger partial charge < -0.3 is 10.6 Å². The number of aryl methyl sites for hydroxylation is 3. The van der Waals surface area contributed by atoms with Crippen molar-refractivity contribution < 1.29 is 9.72 Å². The average Bonchev–Trinajstić information content (AvgIpc) is 3.44. The topological polar surface area (TPSA) is 84.3 Å². The van der Waals surface area contributed by atoms with Crippen molar-refractivity contribution in [2.45, 2.75) is 45.6 Å². The van der Waals surface area contributed by atoms with Gasteiger partial charge in [0.25, 0.3) is 11.6 Å². The normalized spacial score (nSPS) is 13.3. The predicted molar refractivity (Wildman–Crippen MR) is 106 cm³/mol. The quantitative estimate of drug-likeness (QED) is 0.417. The molecule has 3 rings (SSSR count). The van der Waals surface area contributed by atoms with E-state index in [1.165, 1.54) is 22.8 Å². The largest absolute Gasteiger partial charge is 0.377 e. The Morgan fingerprint density at radius 2 is 1.96 bits per heavy atom. The minimum absolute atomic E-state index is 0.0511. The number of nitro groups is 1. The van der Waals surface area contributed by atoms with Crippen molar-refractivity contribution in [1.82, 2.24) is 5.32 Å². The lowest BCUT2D eigenvalue weighted by molar-refractivity contribution is -0.384. The van der Waals surface area contributed by atoms with Crippen molar-refractivity contribution in [3.8, 4) is 0 Å². The molecule has 0 radical (unpaired) electrons. The lowest BCUT2D eigenvalue weighted by Gasteiger charge is -2.10. The van der Waals surface area contributed by atoms with Crippen molar-refractivity contribution in [3.63, 3.8) is 0 Å². The van der Waals surface area contributed by atoms with E-state index in [0.29, 0.717) is 23.8 Å². The first-order valence-corrected chi connectivity index (χ1v) is 9.33. The fraction of sp³-hybridized carbons (Fsp3) is 0.381. The number of nitrogens with one attached hydrogen (secondary N) is 2. The molecule has 6 nitrogen and oxygen atoms in total. The van der Waals surface area contributed by atoms with Crippen molar-refractivity contribution >= 4 is 17.3 Å². The minimum Gasteiger partial charge on any atom is -0.377 e. The van der Waals surface area contributed by atoms with Crippen LogP contribution in [0.15, 0.2) is 36.4 Å². The lowest BCUT2D eigenvalue weighted by atomic mass is 10.0. The number of nitrogens with zero attached hydrogens (tertiary/aromatic N) is 1. The van der Waals surface area contributed by atoms with Gasteiger partial charge in [-0.1, -0.05) is 23.8 Å².